The zero-order valence-corrected chi connectivity index (χ0v) is 11.0. The summed E-state index contributed by atoms with van der Waals surface area (Å²) >= 11 is 5.86. The third-order valence-corrected chi connectivity index (χ3v) is 2.89. The maximum Gasteiger partial charge on any atom is 0.120 e. The number of hydrogen-bond acceptors (Lipinski definition) is 2. The van der Waals surface area contributed by atoms with Crippen LogP contribution in [0.4, 0.5) is 0 Å². The molecule has 0 heterocycles. The Morgan fingerprint density at radius 2 is 2.12 bits per heavy atom. The number of nitrogens with one attached hydrogen (secondary N) is 1. The van der Waals surface area contributed by atoms with E-state index in [1.807, 2.05) is 24.3 Å². The van der Waals surface area contributed by atoms with Crippen molar-refractivity contribution >= 4 is 11.6 Å². The zero-order chi connectivity index (χ0) is 12.0. The van der Waals surface area contributed by atoms with Gasteiger partial charge < -0.3 is 10.1 Å². The molecule has 0 saturated heterocycles. The summed E-state index contributed by atoms with van der Waals surface area (Å²) in [4.78, 5) is 0. The smallest absolute Gasteiger partial charge is 0.120 e. The van der Waals surface area contributed by atoms with Gasteiger partial charge in [-0.05, 0) is 38.5 Å². The van der Waals surface area contributed by atoms with Crippen LogP contribution in [0.25, 0.3) is 0 Å². The molecule has 3 heteroatoms. The monoisotopic (exact) mass is 241 g/mol. The van der Waals surface area contributed by atoms with E-state index in [-0.39, 0.29) is 5.54 Å². The minimum absolute atomic E-state index is 0.178. The highest BCUT2D eigenvalue weighted by Gasteiger charge is 2.12. The minimum Gasteiger partial charge on any atom is -0.492 e. The fraction of sp³-hybridized carbons (Fsp3) is 0.538. The van der Waals surface area contributed by atoms with Gasteiger partial charge in [-0.3, -0.25) is 0 Å². The zero-order valence-electron chi connectivity index (χ0n) is 10.2. The molecule has 0 radical (unpaired) electrons. The summed E-state index contributed by atoms with van der Waals surface area (Å²) in [7, 11) is 0. The van der Waals surface area contributed by atoms with Crippen LogP contribution in [-0.2, 0) is 0 Å². The SMILES string of the molecule is CCC(C)(C)NCCOc1cccc(Cl)c1. The summed E-state index contributed by atoms with van der Waals surface area (Å²) in [5.41, 5.74) is 0.178. The van der Waals surface area contributed by atoms with Gasteiger partial charge in [0.15, 0.2) is 0 Å². The predicted octanol–water partition coefficient (Wildman–Crippen LogP) is 3.50. The summed E-state index contributed by atoms with van der Waals surface area (Å²) in [6.45, 7) is 8.04. The van der Waals surface area contributed by atoms with Gasteiger partial charge in [0.1, 0.15) is 12.4 Å². The van der Waals surface area contributed by atoms with Gasteiger partial charge in [-0.15, -0.1) is 0 Å². The average molecular weight is 242 g/mol. The predicted molar refractivity (Wildman–Crippen MR) is 69.3 cm³/mol. The van der Waals surface area contributed by atoms with E-state index in [0.29, 0.717) is 11.6 Å². The maximum absolute atomic E-state index is 5.86. The van der Waals surface area contributed by atoms with Crippen molar-refractivity contribution in [2.75, 3.05) is 13.2 Å². The second-order valence-electron chi connectivity index (χ2n) is 4.47. The van der Waals surface area contributed by atoms with Gasteiger partial charge in [-0.25, -0.2) is 0 Å². The fourth-order valence-electron chi connectivity index (χ4n) is 1.24. The Balaban J connectivity index is 2.26. The van der Waals surface area contributed by atoms with Crippen molar-refractivity contribution in [3.8, 4) is 5.75 Å². The molecule has 90 valence electrons. The van der Waals surface area contributed by atoms with E-state index in [0.717, 1.165) is 18.7 Å². The van der Waals surface area contributed by atoms with Crippen LogP contribution in [0.1, 0.15) is 27.2 Å². The van der Waals surface area contributed by atoms with Crippen molar-refractivity contribution < 1.29 is 4.74 Å². The molecular formula is C13H20ClNO. The number of ether oxygens (including phenoxy) is 1. The molecule has 1 rings (SSSR count). The first-order valence-corrected chi connectivity index (χ1v) is 6.05. The van der Waals surface area contributed by atoms with E-state index in [9.17, 15) is 0 Å². The summed E-state index contributed by atoms with van der Waals surface area (Å²) < 4.78 is 5.58. The highest BCUT2D eigenvalue weighted by molar-refractivity contribution is 6.30. The van der Waals surface area contributed by atoms with Crippen LogP contribution in [0.5, 0.6) is 5.75 Å². The van der Waals surface area contributed by atoms with Crippen LogP contribution in [0.3, 0.4) is 0 Å². The van der Waals surface area contributed by atoms with E-state index < -0.39 is 0 Å². The van der Waals surface area contributed by atoms with E-state index >= 15 is 0 Å². The van der Waals surface area contributed by atoms with Crippen molar-refractivity contribution in [3.05, 3.63) is 29.3 Å². The minimum atomic E-state index is 0.178. The van der Waals surface area contributed by atoms with Crippen molar-refractivity contribution in [3.63, 3.8) is 0 Å². The molecule has 2 nitrogen and oxygen atoms in total. The topological polar surface area (TPSA) is 21.3 Å². The number of benzene rings is 1. The molecule has 1 N–H and O–H groups in total. The Hall–Kier alpha value is -0.730. The summed E-state index contributed by atoms with van der Waals surface area (Å²) in [6, 6.07) is 7.47. The average Bonchev–Trinajstić information content (AvgIpc) is 2.25. The highest BCUT2D eigenvalue weighted by atomic mass is 35.5. The molecule has 16 heavy (non-hydrogen) atoms. The van der Waals surface area contributed by atoms with Gasteiger partial charge >= 0.3 is 0 Å². The van der Waals surface area contributed by atoms with Gasteiger partial charge in [-0.2, -0.15) is 0 Å². The first kappa shape index (κ1) is 13.3. The molecule has 0 fully saturated rings. The Bertz CT molecular complexity index is 325. The van der Waals surface area contributed by atoms with E-state index in [1.165, 1.54) is 0 Å². The normalized spacial score (nSPS) is 11.5. The maximum atomic E-state index is 5.86. The molecular weight excluding hydrogens is 222 g/mol. The second-order valence-corrected chi connectivity index (χ2v) is 4.91. The standard InChI is InChI=1S/C13H20ClNO/c1-4-13(2,3)15-8-9-16-12-7-5-6-11(14)10-12/h5-7,10,15H,4,8-9H2,1-3H3. The largest absolute Gasteiger partial charge is 0.492 e. The number of rotatable bonds is 6. The molecule has 0 bridgehead atoms. The van der Waals surface area contributed by atoms with Crippen molar-refractivity contribution in [2.24, 2.45) is 0 Å². The molecule has 0 aliphatic heterocycles. The quantitative estimate of drug-likeness (QED) is 0.770. The Labute approximate surface area is 103 Å². The van der Waals surface area contributed by atoms with Gasteiger partial charge in [0.2, 0.25) is 0 Å². The van der Waals surface area contributed by atoms with Gasteiger partial charge in [0, 0.05) is 17.1 Å². The van der Waals surface area contributed by atoms with Crippen molar-refractivity contribution in [1.82, 2.24) is 5.32 Å². The molecule has 0 aliphatic carbocycles. The first-order chi connectivity index (χ1) is 7.53. The van der Waals surface area contributed by atoms with Crippen LogP contribution >= 0.6 is 11.6 Å². The lowest BCUT2D eigenvalue weighted by molar-refractivity contribution is 0.281. The lowest BCUT2D eigenvalue weighted by Gasteiger charge is -2.24. The second kappa shape index (κ2) is 6.12. The van der Waals surface area contributed by atoms with Crippen molar-refractivity contribution in [2.45, 2.75) is 32.7 Å². The number of halogens is 1. The van der Waals surface area contributed by atoms with E-state index in [4.69, 9.17) is 16.3 Å². The molecule has 0 atom stereocenters. The molecule has 0 unspecified atom stereocenters. The van der Waals surface area contributed by atoms with E-state index in [2.05, 4.69) is 26.1 Å². The summed E-state index contributed by atoms with van der Waals surface area (Å²) in [5, 5.41) is 4.14. The van der Waals surface area contributed by atoms with E-state index in [1.54, 1.807) is 0 Å². The fourth-order valence-corrected chi connectivity index (χ4v) is 1.42. The van der Waals surface area contributed by atoms with Crippen LogP contribution in [0.2, 0.25) is 5.02 Å². The lowest BCUT2D eigenvalue weighted by Crippen LogP contribution is -2.40. The molecule has 0 aromatic heterocycles. The molecule has 1 aromatic carbocycles. The lowest BCUT2D eigenvalue weighted by atomic mass is 10.0. The molecule has 0 spiro atoms. The van der Waals surface area contributed by atoms with Crippen LogP contribution in [0.15, 0.2) is 24.3 Å². The Kier molecular flexibility index (Phi) is 5.10. The highest BCUT2D eigenvalue weighted by Crippen LogP contribution is 2.16. The third-order valence-electron chi connectivity index (χ3n) is 2.65. The molecule has 0 aliphatic rings. The molecule has 0 amide bonds. The number of hydrogen-bond donors (Lipinski definition) is 1. The third kappa shape index (κ3) is 4.86. The van der Waals surface area contributed by atoms with Crippen LogP contribution < -0.4 is 10.1 Å². The van der Waals surface area contributed by atoms with Gasteiger partial charge in [0.25, 0.3) is 0 Å². The first-order valence-electron chi connectivity index (χ1n) is 5.67. The van der Waals surface area contributed by atoms with Crippen LogP contribution in [-0.4, -0.2) is 18.7 Å². The Morgan fingerprint density at radius 1 is 1.38 bits per heavy atom. The van der Waals surface area contributed by atoms with Gasteiger partial charge in [0.05, 0.1) is 0 Å². The Morgan fingerprint density at radius 3 is 2.75 bits per heavy atom. The summed E-state index contributed by atoms with van der Waals surface area (Å²) in [5.74, 6) is 0.823. The summed E-state index contributed by atoms with van der Waals surface area (Å²) in [6.07, 6.45) is 1.10. The molecule has 0 saturated carbocycles. The van der Waals surface area contributed by atoms with Gasteiger partial charge in [-0.1, -0.05) is 24.6 Å². The van der Waals surface area contributed by atoms with Crippen molar-refractivity contribution in [1.29, 1.82) is 0 Å². The molecule has 1 aromatic rings. The van der Waals surface area contributed by atoms with Crippen LogP contribution in [0, 0.1) is 0 Å².